The number of rotatable bonds is 7. The van der Waals surface area contributed by atoms with Gasteiger partial charge in [0.1, 0.15) is 10.6 Å². The first-order valence-electron chi connectivity index (χ1n) is 7.43. The highest BCUT2D eigenvalue weighted by Gasteiger charge is 2.20. The number of aromatic nitrogens is 1. The van der Waals surface area contributed by atoms with Crippen LogP contribution < -0.4 is 10.5 Å². The van der Waals surface area contributed by atoms with Crippen molar-refractivity contribution >= 4 is 15.9 Å². The Labute approximate surface area is 125 Å². The summed E-state index contributed by atoms with van der Waals surface area (Å²) in [4.78, 5) is 12.2. The molecule has 0 aliphatic heterocycles. The number of carbonyl (C=O) groups is 1. The topological polar surface area (TPSA) is 94.2 Å². The van der Waals surface area contributed by atoms with Gasteiger partial charge in [-0.1, -0.05) is 26.2 Å². The molecule has 1 aromatic rings. The van der Waals surface area contributed by atoms with Crippen molar-refractivity contribution in [3.05, 3.63) is 18.0 Å². The summed E-state index contributed by atoms with van der Waals surface area (Å²) in [6.45, 7) is 3.18. The van der Waals surface area contributed by atoms with Crippen molar-refractivity contribution in [3.8, 4) is 0 Å². The average molecular weight is 313 g/mol. The highest BCUT2D eigenvalue weighted by atomic mass is 32.2. The number of nitrogens with zero attached hydrogens (tertiary/aromatic N) is 1. The van der Waals surface area contributed by atoms with Gasteiger partial charge in [-0.05, 0) is 24.8 Å². The minimum Gasteiger partial charge on any atom is -0.351 e. The third kappa shape index (κ3) is 4.07. The van der Waals surface area contributed by atoms with Gasteiger partial charge in [0.15, 0.2) is 0 Å². The van der Waals surface area contributed by atoms with Crippen molar-refractivity contribution in [2.24, 2.45) is 11.1 Å². The summed E-state index contributed by atoms with van der Waals surface area (Å²) in [5, 5.41) is 7.99. The van der Waals surface area contributed by atoms with Crippen LogP contribution in [0, 0.1) is 5.92 Å². The SMILES string of the molecule is CCCn1cc(S(N)(=O)=O)cc1C(=O)NCCC1CCC1. The number of aryl methyl sites for hydroxylation is 1. The van der Waals surface area contributed by atoms with Gasteiger partial charge in [0, 0.05) is 19.3 Å². The molecule has 6 nitrogen and oxygen atoms in total. The Bertz CT molecular complexity index is 603. The van der Waals surface area contributed by atoms with Gasteiger partial charge in [-0.15, -0.1) is 0 Å². The van der Waals surface area contributed by atoms with Crippen LogP contribution in [-0.4, -0.2) is 25.4 Å². The van der Waals surface area contributed by atoms with Gasteiger partial charge < -0.3 is 9.88 Å². The fourth-order valence-electron chi connectivity index (χ4n) is 2.52. The largest absolute Gasteiger partial charge is 0.351 e. The number of nitrogens with two attached hydrogens (primary N) is 1. The maximum absolute atomic E-state index is 12.2. The predicted molar refractivity (Wildman–Crippen MR) is 80.4 cm³/mol. The summed E-state index contributed by atoms with van der Waals surface area (Å²) >= 11 is 0. The number of nitrogens with one attached hydrogen (secondary N) is 1. The number of hydrogen-bond acceptors (Lipinski definition) is 3. The zero-order valence-corrected chi connectivity index (χ0v) is 13.2. The molecule has 2 rings (SSSR count). The van der Waals surface area contributed by atoms with E-state index in [-0.39, 0.29) is 10.8 Å². The molecular weight excluding hydrogens is 290 g/mol. The molecule has 0 bridgehead atoms. The zero-order chi connectivity index (χ0) is 15.5. The normalized spacial score (nSPS) is 15.7. The molecule has 7 heteroatoms. The molecule has 1 aliphatic rings. The zero-order valence-electron chi connectivity index (χ0n) is 12.3. The molecule has 1 fully saturated rings. The molecule has 0 spiro atoms. The van der Waals surface area contributed by atoms with E-state index in [1.165, 1.54) is 31.5 Å². The van der Waals surface area contributed by atoms with Gasteiger partial charge in [-0.3, -0.25) is 4.79 Å². The van der Waals surface area contributed by atoms with Crippen LogP contribution in [-0.2, 0) is 16.6 Å². The van der Waals surface area contributed by atoms with Crippen molar-refractivity contribution in [2.45, 2.75) is 50.5 Å². The average Bonchev–Trinajstić information content (AvgIpc) is 2.76. The van der Waals surface area contributed by atoms with Gasteiger partial charge >= 0.3 is 0 Å². The molecule has 1 aromatic heterocycles. The lowest BCUT2D eigenvalue weighted by molar-refractivity contribution is 0.0939. The van der Waals surface area contributed by atoms with Crippen molar-refractivity contribution in [2.75, 3.05) is 6.54 Å². The third-order valence-electron chi connectivity index (χ3n) is 3.96. The van der Waals surface area contributed by atoms with E-state index in [0.717, 1.165) is 18.8 Å². The first-order chi connectivity index (χ1) is 9.91. The van der Waals surface area contributed by atoms with E-state index in [9.17, 15) is 13.2 Å². The highest BCUT2D eigenvalue weighted by Crippen LogP contribution is 2.28. The van der Waals surface area contributed by atoms with Gasteiger partial charge in [0.2, 0.25) is 10.0 Å². The molecule has 1 amide bonds. The molecule has 1 aliphatic carbocycles. The lowest BCUT2D eigenvalue weighted by Gasteiger charge is -2.25. The second kappa shape index (κ2) is 6.62. The van der Waals surface area contributed by atoms with Gasteiger partial charge in [-0.2, -0.15) is 0 Å². The number of primary sulfonamides is 1. The van der Waals surface area contributed by atoms with Crippen LogP contribution in [0.15, 0.2) is 17.2 Å². The van der Waals surface area contributed by atoms with E-state index in [1.807, 2.05) is 6.92 Å². The van der Waals surface area contributed by atoms with Crippen LogP contribution in [0.25, 0.3) is 0 Å². The van der Waals surface area contributed by atoms with Crippen molar-refractivity contribution in [3.63, 3.8) is 0 Å². The van der Waals surface area contributed by atoms with Crippen LogP contribution in [0.4, 0.5) is 0 Å². The number of sulfonamides is 1. The molecule has 1 heterocycles. The molecular formula is C14H23N3O3S. The van der Waals surface area contributed by atoms with E-state index in [2.05, 4.69) is 5.32 Å². The van der Waals surface area contributed by atoms with E-state index in [0.29, 0.717) is 18.8 Å². The Morgan fingerprint density at radius 1 is 1.48 bits per heavy atom. The first-order valence-corrected chi connectivity index (χ1v) is 8.97. The van der Waals surface area contributed by atoms with Crippen molar-refractivity contribution in [1.82, 2.24) is 9.88 Å². The molecule has 0 saturated heterocycles. The molecule has 21 heavy (non-hydrogen) atoms. The molecule has 0 aromatic carbocycles. The van der Waals surface area contributed by atoms with E-state index in [4.69, 9.17) is 5.14 Å². The molecule has 0 radical (unpaired) electrons. The fourth-order valence-corrected chi connectivity index (χ4v) is 3.07. The van der Waals surface area contributed by atoms with Crippen LogP contribution in [0.2, 0.25) is 0 Å². The fraction of sp³-hybridized carbons (Fsp3) is 0.643. The van der Waals surface area contributed by atoms with Crippen LogP contribution >= 0.6 is 0 Å². The third-order valence-corrected chi connectivity index (χ3v) is 4.84. The first kappa shape index (κ1) is 16.0. The van der Waals surface area contributed by atoms with Crippen molar-refractivity contribution < 1.29 is 13.2 Å². The summed E-state index contributed by atoms with van der Waals surface area (Å²) in [6.07, 6.45) is 7.01. The highest BCUT2D eigenvalue weighted by molar-refractivity contribution is 7.89. The summed E-state index contributed by atoms with van der Waals surface area (Å²) < 4.78 is 24.5. The standard InChI is InChI=1S/C14H23N3O3S/c1-2-8-17-10-12(21(15,19)20)9-13(17)14(18)16-7-6-11-4-3-5-11/h9-11H,2-8H2,1H3,(H,16,18)(H2,15,19,20). The van der Waals surface area contributed by atoms with Crippen LogP contribution in [0.1, 0.15) is 49.5 Å². The van der Waals surface area contributed by atoms with Crippen molar-refractivity contribution in [1.29, 1.82) is 0 Å². The van der Waals surface area contributed by atoms with Crippen LogP contribution in [0.3, 0.4) is 0 Å². The molecule has 118 valence electrons. The van der Waals surface area contributed by atoms with E-state index in [1.54, 1.807) is 4.57 Å². The van der Waals surface area contributed by atoms with Gasteiger partial charge in [0.05, 0.1) is 0 Å². The van der Waals surface area contributed by atoms with Gasteiger partial charge in [0.25, 0.3) is 5.91 Å². The molecule has 1 saturated carbocycles. The minimum atomic E-state index is -3.79. The Morgan fingerprint density at radius 2 is 2.19 bits per heavy atom. The van der Waals surface area contributed by atoms with Gasteiger partial charge in [-0.25, -0.2) is 13.6 Å². The molecule has 0 unspecified atom stereocenters. The lowest BCUT2D eigenvalue weighted by atomic mass is 9.83. The smallest absolute Gasteiger partial charge is 0.267 e. The van der Waals surface area contributed by atoms with Crippen LogP contribution in [0.5, 0.6) is 0 Å². The molecule has 3 N–H and O–H groups in total. The Kier molecular flexibility index (Phi) is 5.05. The lowest BCUT2D eigenvalue weighted by Crippen LogP contribution is -2.29. The predicted octanol–water partition coefficient (Wildman–Crippen LogP) is 1.47. The Balaban J connectivity index is 2.04. The quantitative estimate of drug-likeness (QED) is 0.798. The monoisotopic (exact) mass is 313 g/mol. The van der Waals surface area contributed by atoms with E-state index >= 15 is 0 Å². The number of hydrogen-bond donors (Lipinski definition) is 2. The summed E-state index contributed by atoms with van der Waals surface area (Å²) in [5.41, 5.74) is 0.356. The number of carbonyl (C=O) groups excluding carboxylic acids is 1. The second-order valence-electron chi connectivity index (χ2n) is 5.64. The summed E-state index contributed by atoms with van der Waals surface area (Å²) in [6, 6.07) is 1.35. The second-order valence-corrected chi connectivity index (χ2v) is 7.20. The minimum absolute atomic E-state index is 0.0138. The maximum Gasteiger partial charge on any atom is 0.267 e. The maximum atomic E-state index is 12.2. The summed E-state index contributed by atoms with van der Waals surface area (Å²) in [7, 11) is -3.79. The molecule has 0 atom stereocenters. The Morgan fingerprint density at radius 3 is 2.71 bits per heavy atom. The Hall–Kier alpha value is -1.34. The summed E-state index contributed by atoms with van der Waals surface area (Å²) in [5.74, 6) is 0.491. The number of amides is 1. The van der Waals surface area contributed by atoms with E-state index < -0.39 is 10.0 Å².